The Morgan fingerprint density at radius 2 is 1.20 bits per heavy atom. The molecular weight excluding hydrogens is 570 g/mol. The van der Waals surface area contributed by atoms with Gasteiger partial charge >= 0.3 is 64.9 Å². The van der Waals surface area contributed by atoms with Gasteiger partial charge in [-0.2, -0.15) is 5.06 Å². The van der Waals surface area contributed by atoms with Crippen LogP contribution in [0.2, 0.25) is 0 Å². The molecule has 0 radical (unpaired) electrons. The normalized spacial score (nSPS) is 23.0. The molecule has 0 saturated carbocycles. The molecule has 1 aliphatic rings. The van der Waals surface area contributed by atoms with E-state index in [1.54, 1.807) is 0 Å². The predicted octanol–water partition coefficient (Wildman–Crippen LogP) is 5.32. The van der Waals surface area contributed by atoms with Crippen LogP contribution in [0.3, 0.4) is 0 Å². The minimum absolute atomic E-state index is 0. The third kappa shape index (κ3) is 7.66. The molecule has 1 fully saturated rings. The van der Waals surface area contributed by atoms with Gasteiger partial charge in [-0.1, -0.05) is 7.43 Å². The fraction of sp³-hybridized carbons (Fsp3) is 1.00. The van der Waals surface area contributed by atoms with Crippen LogP contribution in [0.5, 0.6) is 0 Å². The van der Waals surface area contributed by atoms with Gasteiger partial charge in [0.15, 0.2) is 0 Å². The molecule has 0 aliphatic carbocycles. The maximum absolute atomic E-state index is 9.62. The summed E-state index contributed by atoms with van der Waals surface area (Å²) in [7, 11) is 0. The van der Waals surface area contributed by atoms with Crippen LogP contribution in [0.25, 0.3) is 0 Å². The summed E-state index contributed by atoms with van der Waals surface area (Å²) >= 11 is 7.39. The molecule has 1 heterocycles. The zero-order valence-corrected chi connectivity index (χ0v) is 16.8. The van der Waals surface area contributed by atoms with Gasteiger partial charge in [0, 0.05) is 11.1 Å². The Morgan fingerprint density at radius 3 is 1.27 bits per heavy atom. The van der Waals surface area contributed by atoms with Gasteiger partial charge in [-0.25, -0.2) is 0 Å². The van der Waals surface area contributed by atoms with Gasteiger partial charge in [0.05, 0.1) is 0 Å². The standard InChI is InChI=1S/C8H17NO.CH4.3HI.V/c1-7(2)5-6-8(3,4)9(7)10;;;;;/h10H,5-6H2,1-4H3;1H4;3*1H;/q;;;;;+3/p-3. The topological polar surface area (TPSA) is 23.5 Å². The van der Waals surface area contributed by atoms with Crippen molar-refractivity contribution in [2.75, 3.05) is 0 Å². The van der Waals surface area contributed by atoms with E-state index < -0.39 is 0 Å². The molecule has 1 rings (SSSR count). The first kappa shape index (κ1) is 20.0. The van der Waals surface area contributed by atoms with E-state index in [4.69, 9.17) is 0 Å². The summed E-state index contributed by atoms with van der Waals surface area (Å²) in [6.07, 6.45) is 2.16. The third-order valence-corrected chi connectivity index (χ3v) is 2.50. The van der Waals surface area contributed by atoms with Gasteiger partial charge in [0.2, 0.25) is 0 Å². The van der Waals surface area contributed by atoms with Gasteiger partial charge in [-0.05, 0) is 40.5 Å². The molecule has 1 aliphatic heterocycles. The molecule has 0 aromatic carbocycles. The Morgan fingerprint density at radius 1 is 1.00 bits per heavy atom. The molecule has 0 spiro atoms. The van der Waals surface area contributed by atoms with Crippen molar-refractivity contribution in [2.45, 2.75) is 59.0 Å². The molecule has 1 saturated heterocycles. The van der Waals surface area contributed by atoms with Crippen LogP contribution in [-0.4, -0.2) is 21.3 Å². The zero-order chi connectivity index (χ0) is 11.6. The van der Waals surface area contributed by atoms with Crippen LogP contribution in [0, 0.1) is 0 Å². The SMILES string of the molecule is C.CC1(C)CCC(C)(C)N1O.[I][V]([I])[I]. The van der Waals surface area contributed by atoms with Crippen molar-refractivity contribution in [3.63, 3.8) is 0 Å². The first-order valence-electron chi connectivity index (χ1n) is 4.36. The summed E-state index contributed by atoms with van der Waals surface area (Å²) in [4.78, 5) is -0.278. The van der Waals surface area contributed by atoms with Crippen molar-refractivity contribution in [1.29, 1.82) is 0 Å². The number of halogens is 3. The van der Waals surface area contributed by atoms with E-state index >= 15 is 0 Å². The number of hydrogen-bond acceptors (Lipinski definition) is 2. The van der Waals surface area contributed by atoms with Gasteiger partial charge in [0.25, 0.3) is 0 Å². The van der Waals surface area contributed by atoms with Crippen LogP contribution in [0.4, 0.5) is 0 Å². The Balaban J connectivity index is 0. The molecule has 1 N–H and O–H groups in total. The van der Waals surface area contributed by atoms with Crippen molar-refractivity contribution in [2.24, 2.45) is 0 Å². The molecule has 2 nitrogen and oxygen atoms in total. The number of hydroxylamine groups is 2. The number of hydrogen-bond donors (Lipinski definition) is 1. The van der Waals surface area contributed by atoms with Crippen molar-refractivity contribution >= 4 is 59.9 Å². The molecule has 0 unspecified atom stereocenters. The molecule has 0 aromatic rings. The van der Waals surface area contributed by atoms with Crippen LogP contribution < -0.4 is 0 Å². The van der Waals surface area contributed by atoms with Gasteiger partial charge in [-0.3, -0.25) is 0 Å². The Hall–Kier alpha value is 2.69. The summed E-state index contributed by atoms with van der Waals surface area (Å²) in [5, 5.41) is 11.1. The maximum atomic E-state index is 9.62. The minimum atomic E-state index is -0.278. The van der Waals surface area contributed by atoms with Gasteiger partial charge in [-0.15, -0.1) is 0 Å². The summed E-state index contributed by atoms with van der Waals surface area (Å²) < 4.78 is 0. The summed E-state index contributed by atoms with van der Waals surface area (Å²) in [5.41, 5.74) is -0.0486. The van der Waals surface area contributed by atoms with E-state index in [-0.39, 0.29) is 23.4 Å². The number of nitrogens with zero attached hydrogens (tertiary/aromatic N) is 1. The molecule has 0 amide bonds. The summed E-state index contributed by atoms with van der Waals surface area (Å²) in [6, 6.07) is 0. The van der Waals surface area contributed by atoms with E-state index in [9.17, 15) is 5.21 Å². The first-order valence-corrected chi connectivity index (χ1v) is 17.9. The van der Waals surface area contributed by atoms with Crippen molar-refractivity contribution < 1.29 is 10.1 Å². The number of rotatable bonds is 0. The van der Waals surface area contributed by atoms with E-state index in [1.807, 2.05) is 0 Å². The molecule has 0 bridgehead atoms. The fourth-order valence-electron chi connectivity index (χ4n) is 1.64. The zero-order valence-electron chi connectivity index (χ0n) is 8.89. The van der Waals surface area contributed by atoms with E-state index in [1.165, 1.54) is 5.06 Å². The molecule has 6 heteroatoms. The summed E-state index contributed by atoms with van der Waals surface area (Å²) in [6.45, 7) is 8.28. The van der Waals surface area contributed by atoms with Crippen LogP contribution >= 0.6 is 59.9 Å². The van der Waals surface area contributed by atoms with Gasteiger partial charge in [0.1, 0.15) is 0 Å². The predicted molar refractivity (Wildman–Crippen MR) is 89.8 cm³/mol. The molecule has 94 valence electrons. The fourth-order valence-corrected chi connectivity index (χ4v) is 1.64. The van der Waals surface area contributed by atoms with E-state index in [0.717, 1.165) is 12.8 Å². The Bertz CT molecular complexity index is 169. The second-order valence-corrected chi connectivity index (χ2v) is 40.0. The van der Waals surface area contributed by atoms with Crippen LogP contribution in [-0.2, 0) is 4.92 Å². The Kier molecular flexibility index (Phi) is 10.7. The third-order valence-electron chi connectivity index (χ3n) is 2.50. The quantitative estimate of drug-likeness (QED) is 0.386. The monoisotopic (exact) mass is 591 g/mol. The molecule has 15 heavy (non-hydrogen) atoms. The van der Waals surface area contributed by atoms with Crippen LogP contribution in [0.15, 0.2) is 0 Å². The first-order chi connectivity index (χ1) is 6.09. The molecule has 0 aromatic heterocycles. The second kappa shape index (κ2) is 7.98. The second-order valence-electron chi connectivity index (χ2n) is 4.63. The average molecular weight is 591 g/mol. The molecular formula is C9H21I3NOV. The van der Waals surface area contributed by atoms with Gasteiger partial charge < -0.3 is 5.21 Å². The van der Waals surface area contributed by atoms with Crippen molar-refractivity contribution in [1.82, 2.24) is 5.06 Å². The molecule has 0 atom stereocenters. The van der Waals surface area contributed by atoms with E-state index in [2.05, 4.69) is 87.6 Å². The Labute approximate surface area is 132 Å². The average Bonchev–Trinajstić information content (AvgIpc) is 2.14. The van der Waals surface area contributed by atoms with Crippen LogP contribution in [0.1, 0.15) is 48.0 Å². The van der Waals surface area contributed by atoms with E-state index in [0.29, 0.717) is 0 Å². The van der Waals surface area contributed by atoms with Crippen molar-refractivity contribution in [3.05, 3.63) is 0 Å². The summed E-state index contributed by atoms with van der Waals surface area (Å²) in [5.74, 6) is 0. The van der Waals surface area contributed by atoms with Crippen molar-refractivity contribution in [3.8, 4) is 0 Å².